The number of anilines is 1. The Bertz CT molecular complexity index is 1750. The maximum Gasteiger partial charge on any atom is 0.257 e. The van der Waals surface area contributed by atoms with Crippen molar-refractivity contribution in [1.82, 2.24) is 29.5 Å². The molecule has 2 aliphatic rings. The van der Waals surface area contributed by atoms with Crippen LogP contribution in [0, 0.1) is 0 Å². The number of benzene rings is 1. The van der Waals surface area contributed by atoms with Gasteiger partial charge in [-0.1, -0.05) is 30.3 Å². The van der Waals surface area contributed by atoms with E-state index in [2.05, 4.69) is 44.3 Å². The van der Waals surface area contributed by atoms with Gasteiger partial charge in [0.1, 0.15) is 17.0 Å². The lowest BCUT2D eigenvalue weighted by Gasteiger charge is -2.32. The molecule has 216 valence electrons. The molecule has 0 saturated heterocycles. The zero-order valence-electron chi connectivity index (χ0n) is 23.8. The van der Waals surface area contributed by atoms with Gasteiger partial charge in [0.2, 0.25) is 0 Å². The number of pyridine rings is 1. The number of carbonyl (C=O) groups is 1. The fourth-order valence-electron chi connectivity index (χ4n) is 6.39. The molecule has 2 fully saturated rings. The number of rotatable bonds is 8. The molecule has 10 heteroatoms. The molecule has 0 spiro atoms. The van der Waals surface area contributed by atoms with E-state index in [-0.39, 0.29) is 24.1 Å². The van der Waals surface area contributed by atoms with Crippen LogP contribution in [0.5, 0.6) is 0 Å². The summed E-state index contributed by atoms with van der Waals surface area (Å²) < 4.78 is 9.82. The van der Waals surface area contributed by atoms with Crippen molar-refractivity contribution in [3.63, 3.8) is 0 Å². The van der Waals surface area contributed by atoms with Crippen molar-refractivity contribution >= 4 is 28.4 Å². The van der Waals surface area contributed by atoms with E-state index >= 15 is 0 Å². The number of amides is 1. The monoisotopic (exact) mass is 565 g/mol. The van der Waals surface area contributed by atoms with Gasteiger partial charge in [-0.05, 0) is 49.8 Å². The third-order valence-corrected chi connectivity index (χ3v) is 8.85. The fourth-order valence-corrected chi connectivity index (χ4v) is 6.39. The molecular weight excluding hydrogens is 530 g/mol. The number of nitrogens with zero attached hydrogens (tertiary/aromatic N) is 6. The van der Waals surface area contributed by atoms with Gasteiger partial charge in [0, 0.05) is 50.1 Å². The number of hydrogen-bond acceptors (Lipinski definition) is 7. The van der Waals surface area contributed by atoms with E-state index < -0.39 is 6.10 Å². The number of carbonyl (C=O) groups excluding carboxylic acids is 1. The van der Waals surface area contributed by atoms with Crippen molar-refractivity contribution in [3.05, 3.63) is 78.2 Å². The molecule has 2 N–H and O–H groups in total. The summed E-state index contributed by atoms with van der Waals surface area (Å²) in [7, 11) is 3.80. The minimum absolute atomic E-state index is 0.130. The molecule has 4 heterocycles. The highest BCUT2D eigenvalue weighted by atomic mass is 16.5. The summed E-state index contributed by atoms with van der Waals surface area (Å²) in [5.41, 5.74) is 4.57. The van der Waals surface area contributed by atoms with Crippen LogP contribution in [0.4, 0.5) is 5.82 Å². The molecule has 0 unspecified atom stereocenters. The van der Waals surface area contributed by atoms with Crippen LogP contribution in [0.3, 0.4) is 0 Å². The summed E-state index contributed by atoms with van der Waals surface area (Å²) in [6.07, 6.45) is 9.74. The zero-order valence-corrected chi connectivity index (χ0v) is 23.8. The second-order valence-corrected chi connectivity index (χ2v) is 11.5. The molecule has 0 radical (unpaired) electrons. The van der Waals surface area contributed by atoms with Gasteiger partial charge in [0.15, 0.2) is 5.65 Å². The van der Waals surface area contributed by atoms with Crippen molar-refractivity contribution in [3.8, 4) is 11.3 Å². The van der Waals surface area contributed by atoms with E-state index in [1.54, 1.807) is 17.8 Å². The molecule has 7 rings (SSSR count). The topological polar surface area (TPSA) is 110 Å². The number of methoxy groups -OCH3 is 1. The number of fused-ring (bicyclic) bond motifs is 2. The molecule has 4 aromatic heterocycles. The van der Waals surface area contributed by atoms with E-state index in [1.165, 1.54) is 0 Å². The fraction of sp³-hybridized carbons (Fsp3) is 0.375. The normalized spacial score (nSPS) is 22.0. The number of aliphatic hydroxyl groups excluding tert-OH is 1. The lowest BCUT2D eigenvalue weighted by molar-refractivity contribution is 0.0448. The summed E-state index contributed by atoms with van der Waals surface area (Å²) in [5, 5.41) is 18.6. The summed E-state index contributed by atoms with van der Waals surface area (Å²) in [5.74, 6) is 0.523. The number of hydrogen-bond donors (Lipinski definition) is 2. The van der Waals surface area contributed by atoms with Gasteiger partial charge in [-0.25, -0.2) is 9.97 Å². The first-order chi connectivity index (χ1) is 20.5. The average Bonchev–Trinajstić information content (AvgIpc) is 3.75. The maximum absolute atomic E-state index is 13.4. The van der Waals surface area contributed by atoms with E-state index in [1.807, 2.05) is 43.6 Å². The summed E-state index contributed by atoms with van der Waals surface area (Å²) >= 11 is 0. The van der Waals surface area contributed by atoms with Crippen molar-refractivity contribution in [1.29, 1.82) is 0 Å². The third kappa shape index (κ3) is 4.60. The molecule has 5 aromatic rings. The Labute approximate surface area is 244 Å². The zero-order chi connectivity index (χ0) is 28.8. The molecule has 1 amide bonds. The molecular formula is C32H35N7O3. The van der Waals surface area contributed by atoms with Crippen LogP contribution in [-0.2, 0) is 11.3 Å². The highest BCUT2D eigenvalue weighted by molar-refractivity contribution is 6.01. The Hall–Kier alpha value is -4.28. The van der Waals surface area contributed by atoms with Gasteiger partial charge in [-0.2, -0.15) is 9.61 Å². The first kappa shape index (κ1) is 26.6. The van der Waals surface area contributed by atoms with Gasteiger partial charge in [-0.15, -0.1) is 0 Å². The third-order valence-electron chi connectivity index (χ3n) is 8.85. The van der Waals surface area contributed by atoms with E-state index in [0.717, 1.165) is 59.4 Å². The van der Waals surface area contributed by atoms with Crippen molar-refractivity contribution in [2.24, 2.45) is 0 Å². The van der Waals surface area contributed by atoms with Gasteiger partial charge < -0.3 is 24.6 Å². The Morgan fingerprint density at radius 3 is 2.74 bits per heavy atom. The van der Waals surface area contributed by atoms with Crippen molar-refractivity contribution < 1.29 is 14.6 Å². The van der Waals surface area contributed by atoms with Crippen LogP contribution in [0.15, 0.2) is 67.1 Å². The highest BCUT2D eigenvalue weighted by Gasteiger charge is 2.33. The summed E-state index contributed by atoms with van der Waals surface area (Å²) in [6.45, 7) is 0.649. The van der Waals surface area contributed by atoms with Crippen LogP contribution >= 0.6 is 0 Å². The lowest BCUT2D eigenvalue weighted by atomic mass is 9.89. The molecule has 10 nitrogen and oxygen atoms in total. The van der Waals surface area contributed by atoms with E-state index in [9.17, 15) is 9.90 Å². The first-order valence-corrected chi connectivity index (χ1v) is 14.6. The number of ether oxygens (including phenoxy) is 1. The molecule has 0 bridgehead atoms. The SMILES string of the molecule is CO[C@@H]1CCC[C@H]1n1cc(-c2cc(N(C)Cc3ccccc3)n3ncc(C(=O)N[C@@H]4CC[C@@H]4O)c3n2)c2cccnc21. The molecule has 0 aliphatic heterocycles. The van der Waals surface area contributed by atoms with Gasteiger partial charge in [-0.3, -0.25) is 4.79 Å². The molecule has 42 heavy (non-hydrogen) atoms. The van der Waals surface area contributed by atoms with Crippen LogP contribution < -0.4 is 10.2 Å². The first-order valence-electron chi connectivity index (χ1n) is 14.6. The van der Waals surface area contributed by atoms with Crippen molar-refractivity contribution in [2.75, 3.05) is 19.1 Å². The van der Waals surface area contributed by atoms with Gasteiger partial charge >= 0.3 is 0 Å². The van der Waals surface area contributed by atoms with Crippen LogP contribution in [-0.4, -0.2) is 67.6 Å². The maximum atomic E-state index is 13.4. The van der Waals surface area contributed by atoms with Crippen LogP contribution in [0.2, 0.25) is 0 Å². The largest absolute Gasteiger partial charge is 0.391 e. The predicted molar refractivity (Wildman–Crippen MR) is 160 cm³/mol. The molecule has 2 saturated carbocycles. The van der Waals surface area contributed by atoms with Crippen LogP contribution in [0.25, 0.3) is 27.9 Å². The second kappa shape index (κ2) is 10.8. The molecule has 4 atom stereocenters. The smallest absolute Gasteiger partial charge is 0.257 e. The number of aromatic nitrogens is 5. The Morgan fingerprint density at radius 1 is 1.12 bits per heavy atom. The molecule has 2 aliphatic carbocycles. The number of aliphatic hydroxyl groups is 1. The van der Waals surface area contributed by atoms with Gasteiger partial charge in [0.25, 0.3) is 5.91 Å². The second-order valence-electron chi connectivity index (χ2n) is 11.5. The van der Waals surface area contributed by atoms with Crippen LogP contribution in [0.1, 0.15) is 54.1 Å². The van der Waals surface area contributed by atoms with E-state index in [4.69, 9.17) is 14.7 Å². The standard InChI is InChI=1S/C32H35N7O3/c1-37(18-20-8-4-3-5-9-20)29-16-25(35-31-22(17-34-39(29)31)32(41)36-24-13-14-27(24)40)23-19-38(26-11-6-12-28(26)42-2)30-21(23)10-7-15-33-30/h3-5,7-10,15-17,19,24,26-28,40H,6,11-14,18H2,1-2H3,(H,36,41)/t24-,26-,27+,28-/m1/s1. The summed E-state index contributed by atoms with van der Waals surface area (Å²) in [6, 6.07) is 16.2. The number of nitrogens with one attached hydrogen (secondary N) is 1. The highest BCUT2D eigenvalue weighted by Crippen LogP contribution is 2.39. The van der Waals surface area contributed by atoms with Gasteiger partial charge in [0.05, 0.1) is 36.2 Å². The van der Waals surface area contributed by atoms with E-state index in [0.29, 0.717) is 24.2 Å². The minimum atomic E-state index is -0.517. The Kier molecular flexibility index (Phi) is 6.87. The average molecular weight is 566 g/mol. The Morgan fingerprint density at radius 2 is 1.98 bits per heavy atom. The summed E-state index contributed by atoms with van der Waals surface area (Å²) in [4.78, 5) is 25.3. The van der Waals surface area contributed by atoms with Crippen molar-refractivity contribution in [2.45, 2.75) is 62.9 Å². The lowest BCUT2D eigenvalue weighted by Crippen LogP contribution is -2.50. The minimum Gasteiger partial charge on any atom is -0.391 e. The quantitative estimate of drug-likeness (QED) is 0.287. The molecule has 1 aromatic carbocycles. The Balaban J connectivity index is 1.37. The predicted octanol–water partition coefficient (Wildman–Crippen LogP) is 4.38.